The van der Waals surface area contributed by atoms with Gasteiger partial charge in [-0.3, -0.25) is 10.1 Å². The van der Waals surface area contributed by atoms with Crippen LogP contribution in [0.1, 0.15) is 30.3 Å². The molecule has 10 nitrogen and oxygen atoms in total. The molecular formula is C19H21N7O3. The summed E-state index contributed by atoms with van der Waals surface area (Å²) in [4.78, 5) is 23.8. The molecule has 1 fully saturated rings. The Bertz CT molecular complexity index is 1010. The summed E-state index contributed by atoms with van der Waals surface area (Å²) in [6, 6.07) is 7.47. The summed E-state index contributed by atoms with van der Waals surface area (Å²) in [5.41, 5.74) is 0.791. The molecule has 3 aromatic rings. The van der Waals surface area contributed by atoms with Crippen LogP contribution in [0.15, 0.2) is 42.9 Å². The third-order valence-electron chi connectivity index (χ3n) is 4.72. The van der Waals surface area contributed by atoms with Crippen molar-refractivity contribution in [2.24, 2.45) is 7.05 Å². The lowest BCUT2D eigenvalue weighted by Gasteiger charge is -2.19. The lowest BCUT2D eigenvalue weighted by Crippen LogP contribution is -2.19. The number of benzene rings is 1. The molecule has 0 radical (unpaired) electrons. The molecule has 1 aromatic carbocycles. The van der Waals surface area contributed by atoms with Gasteiger partial charge in [0.05, 0.1) is 12.0 Å². The summed E-state index contributed by atoms with van der Waals surface area (Å²) in [5.74, 6) is 2.01. The zero-order chi connectivity index (χ0) is 20.4. The van der Waals surface area contributed by atoms with Gasteiger partial charge in [-0.2, -0.15) is 4.98 Å². The molecule has 0 spiro atoms. The predicted molar refractivity (Wildman–Crippen MR) is 107 cm³/mol. The van der Waals surface area contributed by atoms with Crippen LogP contribution in [0, 0.1) is 10.1 Å². The van der Waals surface area contributed by atoms with Crippen LogP contribution < -0.4 is 15.4 Å². The van der Waals surface area contributed by atoms with Crippen LogP contribution in [0.4, 0.5) is 17.5 Å². The molecule has 1 saturated carbocycles. The van der Waals surface area contributed by atoms with E-state index in [0.29, 0.717) is 0 Å². The molecule has 1 unspecified atom stereocenters. The number of nitro groups is 1. The van der Waals surface area contributed by atoms with Crippen LogP contribution in [0.2, 0.25) is 0 Å². The molecule has 2 aromatic heterocycles. The van der Waals surface area contributed by atoms with Gasteiger partial charge in [0.15, 0.2) is 0 Å². The van der Waals surface area contributed by atoms with E-state index in [2.05, 4.69) is 25.6 Å². The Hall–Kier alpha value is -3.69. The Kier molecular flexibility index (Phi) is 4.98. The minimum absolute atomic E-state index is 0.138. The third-order valence-corrected chi connectivity index (χ3v) is 4.72. The highest BCUT2D eigenvalue weighted by Gasteiger charge is 2.27. The number of methoxy groups -OCH3 is 1. The lowest BCUT2D eigenvalue weighted by molar-refractivity contribution is -0.384. The van der Waals surface area contributed by atoms with Crippen molar-refractivity contribution < 1.29 is 9.66 Å². The van der Waals surface area contributed by atoms with Crippen molar-refractivity contribution >= 4 is 17.5 Å². The zero-order valence-corrected chi connectivity index (χ0v) is 16.1. The van der Waals surface area contributed by atoms with Crippen LogP contribution >= 0.6 is 0 Å². The van der Waals surface area contributed by atoms with Crippen molar-refractivity contribution in [1.29, 1.82) is 0 Å². The summed E-state index contributed by atoms with van der Waals surface area (Å²) < 4.78 is 7.14. The Morgan fingerprint density at radius 3 is 2.62 bits per heavy atom. The van der Waals surface area contributed by atoms with Crippen molar-refractivity contribution in [3.63, 3.8) is 0 Å². The van der Waals surface area contributed by atoms with Gasteiger partial charge in [0.2, 0.25) is 11.8 Å². The number of nitrogens with zero attached hydrogens (tertiary/aromatic N) is 5. The molecule has 1 aliphatic rings. The zero-order valence-electron chi connectivity index (χ0n) is 16.1. The van der Waals surface area contributed by atoms with Gasteiger partial charge < -0.3 is 19.9 Å². The van der Waals surface area contributed by atoms with E-state index < -0.39 is 4.92 Å². The normalized spacial score (nSPS) is 14.3. The van der Waals surface area contributed by atoms with Gasteiger partial charge in [-0.05, 0) is 30.5 Å². The van der Waals surface area contributed by atoms with Crippen molar-refractivity contribution in [2.45, 2.75) is 24.9 Å². The van der Waals surface area contributed by atoms with Crippen LogP contribution in [-0.4, -0.2) is 37.6 Å². The molecule has 10 heteroatoms. The smallest absolute Gasteiger partial charge is 0.329 e. The maximum Gasteiger partial charge on any atom is 0.329 e. The summed E-state index contributed by atoms with van der Waals surface area (Å²) in [7, 11) is 3.51. The van der Waals surface area contributed by atoms with E-state index in [1.807, 2.05) is 42.1 Å². The van der Waals surface area contributed by atoms with Crippen molar-refractivity contribution in [3.05, 3.63) is 64.4 Å². The minimum atomic E-state index is -0.478. The average Bonchev–Trinajstić information content (AvgIpc) is 3.44. The van der Waals surface area contributed by atoms with Crippen LogP contribution in [-0.2, 0) is 7.05 Å². The van der Waals surface area contributed by atoms with E-state index in [-0.39, 0.29) is 29.5 Å². The Morgan fingerprint density at radius 2 is 2.03 bits per heavy atom. The molecule has 0 bridgehead atoms. The Balaban J connectivity index is 1.68. The standard InChI is InChI=1S/C19H21N7O3/c1-25-10-9-20-18(25)16(12-3-7-14(29-2)8-4-12)23-19-21-11-15(26(27)28)17(24-19)22-13-5-6-13/h3-4,7-11,13,16H,5-6H2,1-2H3,(H2,21,22,23,24). The van der Waals surface area contributed by atoms with Gasteiger partial charge >= 0.3 is 5.69 Å². The molecule has 2 heterocycles. The SMILES string of the molecule is COc1ccc(C(Nc2ncc([N+](=O)[O-])c(NC3CC3)n2)c2nccn2C)cc1. The number of ether oxygens (including phenoxy) is 1. The Labute approximate surface area is 167 Å². The number of aromatic nitrogens is 4. The van der Waals surface area contributed by atoms with Crippen molar-refractivity contribution in [2.75, 3.05) is 17.7 Å². The third kappa shape index (κ3) is 4.10. The van der Waals surface area contributed by atoms with E-state index in [1.54, 1.807) is 13.3 Å². The van der Waals surface area contributed by atoms with E-state index in [0.717, 1.165) is 30.0 Å². The molecule has 150 valence electrons. The van der Waals surface area contributed by atoms with Gasteiger partial charge in [-0.25, -0.2) is 9.97 Å². The summed E-state index contributed by atoms with van der Waals surface area (Å²) in [6.45, 7) is 0. The second kappa shape index (κ2) is 7.74. The molecule has 0 aliphatic heterocycles. The molecular weight excluding hydrogens is 374 g/mol. The van der Waals surface area contributed by atoms with Gasteiger partial charge in [-0.15, -0.1) is 0 Å². The van der Waals surface area contributed by atoms with Crippen molar-refractivity contribution in [1.82, 2.24) is 19.5 Å². The number of hydrogen-bond acceptors (Lipinski definition) is 8. The highest BCUT2D eigenvalue weighted by molar-refractivity contribution is 5.58. The summed E-state index contributed by atoms with van der Waals surface area (Å²) >= 11 is 0. The highest BCUT2D eigenvalue weighted by Crippen LogP contribution is 2.31. The monoisotopic (exact) mass is 395 g/mol. The van der Waals surface area contributed by atoms with Gasteiger partial charge in [0.25, 0.3) is 0 Å². The summed E-state index contributed by atoms with van der Waals surface area (Å²) in [6.07, 6.45) is 6.75. The Morgan fingerprint density at radius 1 is 1.28 bits per heavy atom. The molecule has 1 aliphatic carbocycles. The number of hydrogen-bond donors (Lipinski definition) is 2. The van der Waals surface area contributed by atoms with Crippen LogP contribution in [0.3, 0.4) is 0 Å². The molecule has 2 N–H and O–H groups in total. The first-order valence-corrected chi connectivity index (χ1v) is 9.21. The van der Waals surface area contributed by atoms with Gasteiger partial charge in [0, 0.05) is 25.5 Å². The quantitative estimate of drug-likeness (QED) is 0.441. The number of anilines is 2. The first-order chi connectivity index (χ1) is 14.0. The number of rotatable bonds is 8. The fraction of sp³-hybridized carbons (Fsp3) is 0.316. The number of imidazole rings is 1. The first-order valence-electron chi connectivity index (χ1n) is 9.21. The van der Waals surface area contributed by atoms with Gasteiger partial charge in [-0.1, -0.05) is 12.1 Å². The van der Waals surface area contributed by atoms with E-state index in [4.69, 9.17) is 4.74 Å². The van der Waals surface area contributed by atoms with Crippen molar-refractivity contribution in [3.8, 4) is 5.75 Å². The predicted octanol–water partition coefficient (Wildman–Crippen LogP) is 2.90. The minimum Gasteiger partial charge on any atom is -0.497 e. The van der Waals surface area contributed by atoms with Crippen LogP contribution in [0.5, 0.6) is 5.75 Å². The molecule has 0 saturated heterocycles. The molecule has 0 amide bonds. The second-order valence-electron chi connectivity index (χ2n) is 6.85. The molecule has 1 atom stereocenters. The topological polar surface area (TPSA) is 120 Å². The molecule has 29 heavy (non-hydrogen) atoms. The van der Waals surface area contributed by atoms with E-state index in [1.165, 1.54) is 6.20 Å². The number of aryl methyl sites for hydroxylation is 1. The molecule has 4 rings (SSSR count). The van der Waals surface area contributed by atoms with E-state index >= 15 is 0 Å². The average molecular weight is 395 g/mol. The lowest BCUT2D eigenvalue weighted by atomic mass is 10.1. The maximum absolute atomic E-state index is 11.3. The highest BCUT2D eigenvalue weighted by atomic mass is 16.6. The largest absolute Gasteiger partial charge is 0.497 e. The fourth-order valence-electron chi connectivity index (χ4n) is 2.98. The summed E-state index contributed by atoms with van der Waals surface area (Å²) in [5, 5.41) is 17.7. The number of nitrogens with one attached hydrogen (secondary N) is 2. The maximum atomic E-state index is 11.3. The van der Waals surface area contributed by atoms with Crippen LogP contribution in [0.25, 0.3) is 0 Å². The van der Waals surface area contributed by atoms with Gasteiger partial charge in [0.1, 0.15) is 23.8 Å². The second-order valence-corrected chi connectivity index (χ2v) is 6.85. The first kappa shape index (κ1) is 18.7. The fourth-order valence-corrected chi connectivity index (χ4v) is 2.98. The van der Waals surface area contributed by atoms with E-state index in [9.17, 15) is 10.1 Å².